The third-order valence-electron chi connectivity index (χ3n) is 4.31. The maximum Gasteiger partial charge on any atom is 0.243 e. The van der Waals surface area contributed by atoms with Crippen LogP contribution in [0.5, 0.6) is 0 Å². The molecule has 0 aliphatic carbocycles. The first-order valence-corrected chi connectivity index (χ1v) is 10.8. The fraction of sp³-hybridized carbons (Fsp3) is 0.765. The van der Waals surface area contributed by atoms with Gasteiger partial charge in [0.2, 0.25) is 21.8 Å². The summed E-state index contributed by atoms with van der Waals surface area (Å²) in [7, 11) is -3.14. The van der Waals surface area contributed by atoms with Gasteiger partial charge in [0.1, 0.15) is 0 Å². The maximum atomic E-state index is 12.1. The minimum Gasteiger partial charge on any atom is -0.356 e. The summed E-state index contributed by atoms with van der Waals surface area (Å²) in [5.74, 6) is -0.108. The summed E-state index contributed by atoms with van der Waals surface area (Å²) in [6.45, 7) is 3.99. The molecule has 0 aromatic carbocycles. The van der Waals surface area contributed by atoms with Crippen molar-refractivity contribution in [2.75, 3.05) is 32.4 Å². The molecular weight excluding hydrogens is 342 g/mol. The van der Waals surface area contributed by atoms with Crippen molar-refractivity contribution in [3.63, 3.8) is 0 Å². The molecule has 0 spiro atoms. The summed E-state index contributed by atoms with van der Waals surface area (Å²) < 4.78 is 24.3. The molecule has 2 N–H and O–H groups in total. The van der Waals surface area contributed by atoms with Crippen LogP contribution < -0.4 is 10.6 Å². The van der Waals surface area contributed by atoms with E-state index < -0.39 is 10.0 Å². The van der Waals surface area contributed by atoms with Crippen LogP contribution in [0.25, 0.3) is 0 Å². The van der Waals surface area contributed by atoms with Crippen molar-refractivity contribution in [3.8, 4) is 0 Å². The highest BCUT2D eigenvalue weighted by Crippen LogP contribution is 2.19. The average molecular weight is 374 g/mol. The topological polar surface area (TPSA) is 95.6 Å². The first kappa shape index (κ1) is 21.6. The molecule has 144 valence electrons. The van der Waals surface area contributed by atoms with Gasteiger partial charge in [-0.3, -0.25) is 9.59 Å². The molecule has 1 heterocycles. The van der Waals surface area contributed by atoms with Crippen LogP contribution in [0.2, 0.25) is 0 Å². The highest BCUT2D eigenvalue weighted by atomic mass is 32.2. The van der Waals surface area contributed by atoms with E-state index >= 15 is 0 Å². The van der Waals surface area contributed by atoms with Gasteiger partial charge in [-0.1, -0.05) is 18.9 Å². The normalized spacial score (nSPS) is 16.9. The lowest BCUT2D eigenvalue weighted by molar-refractivity contribution is -0.126. The van der Waals surface area contributed by atoms with Gasteiger partial charge in [0.05, 0.1) is 6.26 Å². The summed E-state index contributed by atoms with van der Waals surface area (Å²) >= 11 is 0. The molecule has 0 bridgehead atoms. The Labute approximate surface area is 151 Å². The van der Waals surface area contributed by atoms with E-state index in [1.165, 1.54) is 16.6 Å². The Morgan fingerprint density at radius 2 is 1.60 bits per heavy atom. The fourth-order valence-corrected chi connectivity index (χ4v) is 3.71. The zero-order valence-corrected chi connectivity index (χ0v) is 16.1. The average Bonchev–Trinajstić information content (AvgIpc) is 2.56. The van der Waals surface area contributed by atoms with Gasteiger partial charge in [0.25, 0.3) is 0 Å². The number of amides is 2. The standard InChI is InChI=1S/C17H31N3O4S/c1-3-8-16(21)18-11-6-4-5-7-12-19-17(22)15-9-13-20(14-10-15)25(2,23)24/h3,8,15H,4-7,9-14H2,1-2H3,(H,18,21)(H,19,22)/b8-3+. The summed E-state index contributed by atoms with van der Waals surface area (Å²) in [6.07, 6.45) is 9.47. The quantitative estimate of drug-likeness (QED) is 0.442. The van der Waals surface area contributed by atoms with E-state index in [2.05, 4.69) is 10.6 Å². The molecule has 0 atom stereocenters. The van der Waals surface area contributed by atoms with Gasteiger partial charge in [-0.05, 0) is 38.7 Å². The molecule has 1 fully saturated rings. The van der Waals surface area contributed by atoms with E-state index in [1.807, 2.05) is 6.92 Å². The van der Waals surface area contributed by atoms with Crippen molar-refractivity contribution in [2.45, 2.75) is 45.4 Å². The van der Waals surface area contributed by atoms with E-state index in [0.29, 0.717) is 39.0 Å². The molecule has 7 nitrogen and oxygen atoms in total. The third kappa shape index (κ3) is 9.02. The van der Waals surface area contributed by atoms with Crippen LogP contribution in [-0.2, 0) is 19.6 Å². The number of piperidine rings is 1. The summed E-state index contributed by atoms with van der Waals surface area (Å²) in [6, 6.07) is 0. The summed E-state index contributed by atoms with van der Waals surface area (Å²) in [4.78, 5) is 23.3. The Balaban J connectivity index is 2.04. The van der Waals surface area contributed by atoms with Crippen molar-refractivity contribution in [1.29, 1.82) is 0 Å². The Morgan fingerprint density at radius 3 is 2.12 bits per heavy atom. The van der Waals surface area contributed by atoms with Crippen LogP contribution >= 0.6 is 0 Å². The Kier molecular flexibility index (Phi) is 9.74. The van der Waals surface area contributed by atoms with Crippen LogP contribution in [0, 0.1) is 5.92 Å². The Bertz CT molecular complexity index is 552. The number of unbranched alkanes of at least 4 members (excludes halogenated alkanes) is 3. The van der Waals surface area contributed by atoms with Gasteiger partial charge in [0.15, 0.2) is 0 Å². The first-order chi connectivity index (χ1) is 11.8. The molecule has 0 unspecified atom stereocenters. The molecule has 0 aromatic heterocycles. The summed E-state index contributed by atoms with van der Waals surface area (Å²) in [5.41, 5.74) is 0. The molecule has 1 aliphatic heterocycles. The van der Waals surface area contributed by atoms with Crippen molar-refractivity contribution in [2.24, 2.45) is 5.92 Å². The number of rotatable bonds is 10. The second-order valence-corrected chi connectivity index (χ2v) is 8.42. The fourth-order valence-electron chi connectivity index (χ4n) is 2.83. The molecular formula is C17H31N3O4S. The third-order valence-corrected chi connectivity index (χ3v) is 5.62. The smallest absolute Gasteiger partial charge is 0.243 e. The highest BCUT2D eigenvalue weighted by Gasteiger charge is 2.28. The second-order valence-electron chi connectivity index (χ2n) is 6.43. The van der Waals surface area contributed by atoms with Crippen LogP contribution in [-0.4, -0.2) is 57.0 Å². The number of hydrogen-bond donors (Lipinski definition) is 2. The molecule has 0 radical (unpaired) electrons. The molecule has 0 saturated carbocycles. The van der Waals surface area contributed by atoms with E-state index in [-0.39, 0.29) is 17.7 Å². The SMILES string of the molecule is C/C=C/C(=O)NCCCCCCNC(=O)C1CCN(S(C)(=O)=O)CC1. The van der Waals surface area contributed by atoms with E-state index in [9.17, 15) is 18.0 Å². The largest absolute Gasteiger partial charge is 0.356 e. The number of allylic oxidation sites excluding steroid dienone is 1. The van der Waals surface area contributed by atoms with E-state index in [1.54, 1.807) is 6.08 Å². The monoisotopic (exact) mass is 373 g/mol. The second kappa shape index (κ2) is 11.3. The van der Waals surface area contributed by atoms with Gasteiger partial charge in [0, 0.05) is 32.1 Å². The van der Waals surface area contributed by atoms with Crippen molar-refractivity contribution < 1.29 is 18.0 Å². The van der Waals surface area contributed by atoms with Crippen molar-refractivity contribution in [1.82, 2.24) is 14.9 Å². The number of carbonyl (C=O) groups excluding carboxylic acids is 2. The lowest BCUT2D eigenvalue weighted by Gasteiger charge is -2.29. The Hall–Kier alpha value is -1.41. The van der Waals surface area contributed by atoms with Gasteiger partial charge in [-0.25, -0.2) is 12.7 Å². The van der Waals surface area contributed by atoms with Crippen LogP contribution in [0.15, 0.2) is 12.2 Å². The molecule has 8 heteroatoms. The number of hydrogen-bond acceptors (Lipinski definition) is 4. The maximum absolute atomic E-state index is 12.1. The highest BCUT2D eigenvalue weighted by molar-refractivity contribution is 7.88. The zero-order valence-electron chi connectivity index (χ0n) is 15.3. The molecule has 1 rings (SSSR count). The molecule has 2 amide bonds. The van der Waals surface area contributed by atoms with Gasteiger partial charge >= 0.3 is 0 Å². The van der Waals surface area contributed by atoms with Crippen LogP contribution in [0.3, 0.4) is 0 Å². The van der Waals surface area contributed by atoms with Gasteiger partial charge in [-0.15, -0.1) is 0 Å². The molecule has 1 saturated heterocycles. The van der Waals surface area contributed by atoms with Gasteiger partial charge in [-0.2, -0.15) is 0 Å². The number of nitrogens with zero attached hydrogens (tertiary/aromatic N) is 1. The van der Waals surface area contributed by atoms with Gasteiger partial charge < -0.3 is 10.6 Å². The zero-order chi connectivity index (χ0) is 18.7. The number of sulfonamides is 1. The van der Waals surface area contributed by atoms with Crippen molar-refractivity contribution >= 4 is 21.8 Å². The lowest BCUT2D eigenvalue weighted by atomic mass is 9.97. The Morgan fingerprint density at radius 1 is 1.04 bits per heavy atom. The molecule has 1 aliphatic rings. The minimum atomic E-state index is -3.14. The van der Waals surface area contributed by atoms with E-state index in [4.69, 9.17) is 0 Å². The summed E-state index contributed by atoms with van der Waals surface area (Å²) in [5, 5.41) is 5.75. The van der Waals surface area contributed by atoms with Crippen LogP contribution in [0.4, 0.5) is 0 Å². The predicted molar refractivity (Wildman–Crippen MR) is 98.4 cm³/mol. The first-order valence-electron chi connectivity index (χ1n) is 8.98. The number of nitrogens with one attached hydrogen (secondary N) is 2. The molecule has 0 aromatic rings. The predicted octanol–water partition coefficient (Wildman–Crippen LogP) is 1.03. The van der Waals surface area contributed by atoms with Crippen LogP contribution in [0.1, 0.15) is 45.4 Å². The lowest BCUT2D eigenvalue weighted by Crippen LogP contribution is -2.42. The number of carbonyl (C=O) groups is 2. The van der Waals surface area contributed by atoms with E-state index in [0.717, 1.165) is 25.7 Å². The molecule has 25 heavy (non-hydrogen) atoms. The minimum absolute atomic E-state index is 0.0340. The van der Waals surface area contributed by atoms with Crippen molar-refractivity contribution in [3.05, 3.63) is 12.2 Å².